The van der Waals surface area contributed by atoms with E-state index in [0.29, 0.717) is 17.3 Å². The summed E-state index contributed by atoms with van der Waals surface area (Å²) in [6, 6.07) is 4.56. The standard InChI is InChI=1S/C15H25N3S/c1-12-4-5-13(11-17-12)14(10-16)18-7-6-15(2,3)19-9-8-18/h4-5,11,14H,6-10,16H2,1-3H3. The lowest BCUT2D eigenvalue weighted by Crippen LogP contribution is -2.36. The van der Waals surface area contributed by atoms with E-state index in [1.54, 1.807) is 0 Å². The van der Waals surface area contributed by atoms with Gasteiger partial charge in [-0.2, -0.15) is 11.8 Å². The first-order valence-corrected chi connectivity index (χ1v) is 8.01. The lowest BCUT2D eigenvalue weighted by molar-refractivity contribution is 0.210. The molecule has 0 aromatic carbocycles. The molecule has 1 aliphatic rings. The highest BCUT2D eigenvalue weighted by Gasteiger charge is 2.27. The first kappa shape index (κ1) is 14.8. The van der Waals surface area contributed by atoms with Crippen LogP contribution in [-0.4, -0.2) is 40.0 Å². The van der Waals surface area contributed by atoms with Gasteiger partial charge in [0.05, 0.1) is 0 Å². The summed E-state index contributed by atoms with van der Waals surface area (Å²) >= 11 is 2.07. The fraction of sp³-hybridized carbons (Fsp3) is 0.667. The number of pyridine rings is 1. The molecule has 0 amide bonds. The van der Waals surface area contributed by atoms with Gasteiger partial charge >= 0.3 is 0 Å². The van der Waals surface area contributed by atoms with Crippen LogP contribution in [0.3, 0.4) is 0 Å². The van der Waals surface area contributed by atoms with Crippen LogP contribution in [0.15, 0.2) is 18.3 Å². The number of nitrogens with zero attached hydrogens (tertiary/aromatic N) is 2. The molecule has 0 bridgehead atoms. The molecule has 4 heteroatoms. The molecule has 2 N–H and O–H groups in total. The van der Waals surface area contributed by atoms with Crippen LogP contribution < -0.4 is 5.73 Å². The van der Waals surface area contributed by atoms with Crippen molar-refractivity contribution in [1.29, 1.82) is 0 Å². The third kappa shape index (κ3) is 3.94. The van der Waals surface area contributed by atoms with E-state index in [1.165, 1.54) is 17.7 Å². The molecule has 19 heavy (non-hydrogen) atoms. The highest BCUT2D eigenvalue weighted by atomic mass is 32.2. The number of hydrogen-bond acceptors (Lipinski definition) is 4. The fourth-order valence-corrected chi connectivity index (χ4v) is 3.63. The lowest BCUT2D eigenvalue weighted by atomic mass is 10.0. The monoisotopic (exact) mass is 279 g/mol. The second-order valence-corrected chi connectivity index (χ2v) is 7.68. The molecular weight excluding hydrogens is 254 g/mol. The van der Waals surface area contributed by atoms with Crippen molar-refractivity contribution in [3.05, 3.63) is 29.6 Å². The molecule has 1 aliphatic heterocycles. The van der Waals surface area contributed by atoms with E-state index in [0.717, 1.165) is 18.8 Å². The second kappa shape index (κ2) is 6.25. The number of hydrogen-bond donors (Lipinski definition) is 1. The normalized spacial score (nSPS) is 21.9. The van der Waals surface area contributed by atoms with E-state index in [1.807, 2.05) is 13.1 Å². The van der Waals surface area contributed by atoms with E-state index >= 15 is 0 Å². The SMILES string of the molecule is Cc1ccc(C(CN)N2CCSC(C)(C)CC2)cn1. The molecule has 1 fully saturated rings. The third-order valence-corrected chi connectivity index (χ3v) is 5.23. The molecule has 1 aromatic rings. The Kier molecular flexibility index (Phi) is 4.87. The second-order valence-electron chi connectivity index (χ2n) is 5.88. The number of aromatic nitrogens is 1. The number of aryl methyl sites for hydroxylation is 1. The van der Waals surface area contributed by atoms with Crippen LogP contribution in [0, 0.1) is 6.92 Å². The van der Waals surface area contributed by atoms with E-state index < -0.39 is 0 Å². The summed E-state index contributed by atoms with van der Waals surface area (Å²) in [5, 5.41) is 0. The molecule has 3 nitrogen and oxygen atoms in total. The minimum absolute atomic E-state index is 0.308. The Bertz CT molecular complexity index is 402. The Hall–Kier alpha value is -0.580. The zero-order chi connectivity index (χ0) is 13.9. The van der Waals surface area contributed by atoms with Crippen molar-refractivity contribution in [3.63, 3.8) is 0 Å². The van der Waals surface area contributed by atoms with Crippen molar-refractivity contribution in [2.24, 2.45) is 5.73 Å². The molecule has 1 aromatic heterocycles. The van der Waals surface area contributed by atoms with Gasteiger partial charge in [-0.3, -0.25) is 9.88 Å². The summed E-state index contributed by atoms with van der Waals surface area (Å²) in [5.41, 5.74) is 8.33. The van der Waals surface area contributed by atoms with Crippen molar-refractivity contribution in [2.75, 3.05) is 25.4 Å². The maximum atomic E-state index is 6.02. The molecular formula is C15H25N3S. The molecule has 1 atom stereocenters. The molecule has 0 aliphatic carbocycles. The van der Waals surface area contributed by atoms with Crippen molar-refractivity contribution < 1.29 is 0 Å². The van der Waals surface area contributed by atoms with Crippen molar-refractivity contribution >= 4 is 11.8 Å². The van der Waals surface area contributed by atoms with Gasteiger partial charge in [0.1, 0.15) is 0 Å². The molecule has 106 valence electrons. The van der Waals surface area contributed by atoms with Gasteiger partial charge in [-0.25, -0.2) is 0 Å². The van der Waals surface area contributed by atoms with Gasteiger partial charge in [-0.15, -0.1) is 0 Å². The van der Waals surface area contributed by atoms with Crippen LogP contribution in [0.2, 0.25) is 0 Å². The first-order chi connectivity index (χ1) is 9.02. The maximum Gasteiger partial charge on any atom is 0.0486 e. The molecule has 0 radical (unpaired) electrons. The lowest BCUT2D eigenvalue weighted by Gasteiger charge is -2.30. The summed E-state index contributed by atoms with van der Waals surface area (Å²) in [6.07, 6.45) is 3.20. The average molecular weight is 279 g/mol. The van der Waals surface area contributed by atoms with Gasteiger partial charge in [-0.1, -0.05) is 19.9 Å². The van der Waals surface area contributed by atoms with Crippen molar-refractivity contribution in [2.45, 2.75) is 38.0 Å². The van der Waals surface area contributed by atoms with Gasteiger partial charge in [0.15, 0.2) is 0 Å². The Labute approximate surface area is 121 Å². The topological polar surface area (TPSA) is 42.1 Å². The van der Waals surface area contributed by atoms with E-state index in [2.05, 4.69) is 47.6 Å². The summed E-state index contributed by atoms with van der Waals surface area (Å²) in [6.45, 7) is 9.60. The van der Waals surface area contributed by atoms with Crippen LogP contribution >= 0.6 is 11.8 Å². The summed E-state index contributed by atoms with van der Waals surface area (Å²) in [5.74, 6) is 1.18. The van der Waals surface area contributed by atoms with Crippen LogP contribution in [0.1, 0.15) is 37.6 Å². The van der Waals surface area contributed by atoms with E-state index in [4.69, 9.17) is 5.73 Å². The predicted molar refractivity (Wildman–Crippen MR) is 83.5 cm³/mol. The van der Waals surface area contributed by atoms with Gasteiger partial charge in [-0.05, 0) is 25.0 Å². The molecule has 0 spiro atoms. The number of nitrogens with two attached hydrogens (primary N) is 1. The van der Waals surface area contributed by atoms with E-state index in [-0.39, 0.29) is 0 Å². The zero-order valence-corrected chi connectivity index (χ0v) is 13.0. The molecule has 1 saturated heterocycles. The average Bonchev–Trinajstić information content (AvgIpc) is 2.54. The van der Waals surface area contributed by atoms with Crippen LogP contribution in [0.25, 0.3) is 0 Å². The van der Waals surface area contributed by atoms with Gasteiger partial charge in [0, 0.05) is 48.1 Å². The first-order valence-electron chi connectivity index (χ1n) is 7.02. The molecule has 2 heterocycles. The van der Waals surface area contributed by atoms with Crippen molar-refractivity contribution in [3.8, 4) is 0 Å². The van der Waals surface area contributed by atoms with Gasteiger partial charge in [0.2, 0.25) is 0 Å². The third-order valence-electron chi connectivity index (χ3n) is 3.86. The Balaban J connectivity index is 2.11. The smallest absolute Gasteiger partial charge is 0.0486 e. The van der Waals surface area contributed by atoms with Crippen LogP contribution in [-0.2, 0) is 0 Å². The quantitative estimate of drug-likeness (QED) is 0.923. The van der Waals surface area contributed by atoms with Crippen LogP contribution in [0.5, 0.6) is 0 Å². The van der Waals surface area contributed by atoms with E-state index in [9.17, 15) is 0 Å². The van der Waals surface area contributed by atoms with Crippen LogP contribution in [0.4, 0.5) is 0 Å². The summed E-state index contributed by atoms with van der Waals surface area (Å²) < 4.78 is 0.388. The number of thioether (sulfide) groups is 1. The highest BCUT2D eigenvalue weighted by Crippen LogP contribution is 2.33. The molecule has 1 unspecified atom stereocenters. The minimum Gasteiger partial charge on any atom is -0.329 e. The maximum absolute atomic E-state index is 6.02. The predicted octanol–water partition coefficient (Wildman–Crippen LogP) is 2.61. The van der Waals surface area contributed by atoms with Gasteiger partial charge in [0.25, 0.3) is 0 Å². The van der Waals surface area contributed by atoms with Crippen molar-refractivity contribution in [1.82, 2.24) is 9.88 Å². The summed E-state index contributed by atoms with van der Waals surface area (Å²) in [7, 11) is 0. The van der Waals surface area contributed by atoms with Gasteiger partial charge < -0.3 is 5.73 Å². The Morgan fingerprint density at radius 3 is 2.84 bits per heavy atom. The molecule has 2 rings (SSSR count). The zero-order valence-electron chi connectivity index (χ0n) is 12.2. The largest absolute Gasteiger partial charge is 0.329 e. The Morgan fingerprint density at radius 1 is 1.42 bits per heavy atom. The fourth-order valence-electron chi connectivity index (χ4n) is 2.52. The minimum atomic E-state index is 0.308. The number of rotatable bonds is 3. The molecule has 0 saturated carbocycles. The summed E-state index contributed by atoms with van der Waals surface area (Å²) in [4.78, 5) is 6.93. The Morgan fingerprint density at radius 2 is 2.21 bits per heavy atom. The highest BCUT2D eigenvalue weighted by molar-refractivity contribution is 8.00.